The maximum atomic E-state index is 11.7. The van der Waals surface area contributed by atoms with Crippen LogP contribution in [0.5, 0.6) is 5.75 Å². The molecule has 172 valence electrons. The van der Waals surface area contributed by atoms with Gasteiger partial charge >= 0.3 is 5.97 Å². The second-order valence-corrected chi connectivity index (χ2v) is 9.14. The number of ether oxygens (including phenoxy) is 1. The van der Waals surface area contributed by atoms with Gasteiger partial charge in [-0.25, -0.2) is 4.79 Å². The van der Waals surface area contributed by atoms with Crippen LogP contribution in [-0.4, -0.2) is 23.7 Å². The Morgan fingerprint density at radius 1 is 1.03 bits per heavy atom. The zero-order valence-corrected chi connectivity index (χ0v) is 19.5. The Kier molecular flexibility index (Phi) is 6.08. The molecule has 0 unspecified atom stereocenters. The van der Waals surface area contributed by atoms with Crippen LogP contribution in [0.1, 0.15) is 57.9 Å². The van der Waals surface area contributed by atoms with Crippen LogP contribution >= 0.6 is 0 Å². The van der Waals surface area contributed by atoms with Gasteiger partial charge in [0, 0.05) is 24.1 Å². The number of nitrogens with one attached hydrogen (secondary N) is 1. The lowest BCUT2D eigenvalue weighted by Crippen LogP contribution is -2.37. The minimum absolute atomic E-state index is 0.0214. The quantitative estimate of drug-likeness (QED) is 0.352. The molecule has 0 fully saturated rings. The van der Waals surface area contributed by atoms with E-state index >= 15 is 0 Å². The molecule has 0 aromatic heterocycles. The maximum Gasteiger partial charge on any atom is 0.335 e. The van der Waals surface area contributed by atoms with E-state index in [-0.39, 0.29) is 18.1 Å². The van der Waals surface area contributed by atoms with Crippen LogP contribution in [0.3, 0.4) is 0 Å². The third-order valence-electron chi connectivity index (χ3n) is 6.92. The Labute approximate surface area is 200 Å². The van der Waals surface area contributed by atoms with Crippen LogP contribution in [0, 0.1) is 6.92 Å². The highest BCUT2D eigenvalue weighted by atomic mass is 16.5. The largest absolute Gasteiger partial charge is 0.489 e. The number of rotatable bonds is 6. The molecule has 0 saturated heterocycles. The minimum Gasteiger partial charge on any atom is -0.489 e. The average Bonchev–Trinajstić information content (AvgIpc) is 2.86. The van der Waals surface area contributed by atoms with Crippen LogP contribution in [0.2, 0.25) is 0 Å². The zero-order valence-electron chi connectivity index (χ0n) is 19.5. The smallest absolute Gasteiger partial charge is 0.335 e. The van der Waals surface area contributed by atoms with E-state index in [1.165, 1.54) is 16.3 Å². The molecule has 1 aliphatic heterocycles. The molecule has 4 nitrogen and oxygen atoms in total. The number of para-hydroxylation sites is 1. The molecule has 1 aliphatic rings. The topological polar surface area (TPSA) is 58.6 Å². The third kappa shape index (κ3) is 4.29. The fourth-order valence-corrected chi connectivity index (χ4v) is 5.07. The van der Waals surface area contributed by atoms with Crippen LogP contribution in [0.25, 0.3) is 10.8 Å². The summed E-state index contributed by atoms with van der Waals surface area (Å²) < 4.78 is 6.38. The molecule has 5 rings (SSSR count). The molecular weight excluding hydrogens is 422 g/mol. The summed E-state index contributed by atoms with van der Waals surface area (Å²) >= 11 is 0. The highest BCUT2D eigenvalue weighted by molar-refractivity contribution is 5.89. The summed E-state index contributed by atoms with van der Waals surface area (Å²) in [5, 5.41) is 15.8. The number of fused-ring (bicyclic) bond motifs is 2. The van der Waals surface area contributed by atoms with E-state index in [1.807, 2.05) is 37.3 Å². The molecule has 4 aromatic rings. The molecule has 0 radical (unpaired) electrons. The summed E-state index contributed by atoms with van der Waals surface area (Å²) in [5.41, 5.74) is 4.54. The lowest BCUT2D eigenvalue weighted by atomic mass is 9.83. The van der Waals surface area contributed by atoms with Crippen molar-refractivity contribution in [2.24, 2.45) is 0 Å². The Balaban J connectivity index is 1.39. The van der Waals surface area contributed by atoms with E-state index in [1.54, 1.807) is 0 Å². The molecule has 0 spiro atoms. The Morgan fingerprint density at radius 3 is 2.65 bits per heavy atom. The predicted octanol–water partition coefficient (Wildman–Crippen LogP) is 6.48. The van der Waals surface area contributed by atoms with Crippen LogP contribution in [-0.2, 0) is 0 Å². The normalized spacial score (nSPS) is 18.2. The summed E-state index contributed by atoms with van der Waals surface area (Å²) in [5.74, 6) is 0.0750. The second kappa shape index (κ2) is 9.32. The van der Waals surface area contributed by atoms with E-state index in [4.69, 9.17) is 4.74 Å². The molecule has 4 heteroatoms. The van der Waals surface area contributed by atoms with Gasteiger partial charge in [-0.1, -0.05) is 72.8 Å². The first-order chi connectivity index (χ1) is 16.5. The van der Waals surface area contributed by atoms with Gasteiger partial charge in [0.15, 0.2) is 0 Å². The van der Waals surface area contributed by atoms with Gasteiger partial charge < -0.3 is 15.2 Å². The molecule has 0 saturated carbocycles. The van der Waals surface area contributed by atoms with E-state index in [0.29, 0.717) is 12.1 Å². The van der Waals surface area contributed by atoms with Gasteiger partial charge in [0.05, 0.1) is 5.56 Å². The molecule has 34 heavy (non-hydrogen) atoms. The molecule has 0 aliphatic carbocycles. The molecule has 2 N–H and O–H groups in total. The van der Waals surface area contributed by atoms with Gasteiger partial charge in [0.1, 0.15) is 11.9 Å². The number of benzene rings is 4. The number of aryl methyl sites for hydroxylation is 1. The number of carbonyl (C=O) groups is 1. The maximum absolute atomic E-state index is 11.7. The third-order valence-corrected chi connectivity index (χ3v) is 6.92. The molecule has 0 amide bonds. The van der Waals surface area contributed by atoms with Crippen molar-refractivity contribution in [2.45, 2.75) is 38.3 Å². The van der Waals surface area contributed by atoms with Crippen molar-refractivity contribution in [1.29, 1.82) is 0 Å². The van der Waals surface area contributed by atoms with Crippen molar-refractivity contribution < 1.29 is 14.6 Å². The van der Waals surface area contributed by atoms with Crippen molar-refractivity contribution in [3.8, 4) is 5.75 Å². The molecule has 1 heterocycles. The van der Waals surface area contributed by atoms with E-state index in [2.05, 4.69) is 66.8 Å². The average molecular weight is 452 g/mol. The highest BCUT2D eigenvalue weighted by Crippen LogP contribution is 2.40. The van der Waals surface area contributed by atoms with Crippen molar-refractivity contribution >= 4 is 16.7 Å². The van der Waals surface area contributed by atoms with E-state index in [0.717, 1.165) is 28.9 Å². The molecule has 0 bridgehead atoms. The summed E-state index contributed by atoms with van der Waals surface area (Å²) in [4.78, 5) is 11.7. The fourth-order valence-electron chi connectivity index (χ4n) is 5.07. The minimum atomic E-state index is -0.887. The first-order valence-corrected chi connectivity index (χ1v) is 11.8. The number of hydrogen-bond acceptors (Lipinski definition) is 3. The monoisotopic (exact) mass is 451 g/mol. The summed E-state index contributed by atoms with van der Waals surface area (Å²) in [6.07, 6.45) is 0.765. The van der Waals surface area contributed by atoms with E-state index in [9.17, 15) is 9.90 Å². The van der Waals surface area contributed by atoms with Crippen LogP contribution in [0.15, 0.2) is 84.9 Å². The molecule has 4 aromatic carbocycles. The lowest BCUT2D eigenvalue weighted by Gasteiger charge is -2.33. The molecule has 3 atom stereocenters. The first kappa shape index (κ1) is 22.2. The zero-order chi connectivity index (χ0) is 23.7. The number of aromatic carboxylic acids is 1. The number of carboxylic acid groups (broad SMARTS) is 1. The SMILES string of the molecule is Cc1ccc([C@@H]2C[C@@H](CN[C@H](C)c3cccc4ccccc34)Oc3ccccc32)cc1C(=O)O. The van der Waals surface area contributed by atoms with Crippen molar-refractivity contribution in [2.75, 3.05) is 6.54 Å². The second-order valence-electron chi connectivity index (χ2n) is 9.14. The predicted molar refractivity (Wildman–Crippen MR) is 136 cm³/mol. The van der Waals surface area contributed by atoms with Crippen molar-refractivity contribution in [1.82, 2.24) is 5.32 Å². The summed E-state index contributed by atoms with van der Waals surface area (Å²) in [6, 6.07) is 29.0. The lowest BCUT2D eigenvalue weighted by molar-refractivity contribution is 0.0696. The fraction of sp³-hybridized carbons (Fsp3) is 0.233. The van der Waals surface area contributed by atoms with Crippen molar-refractivity contribution in [3.63, 3.8) is 0 Å². The summed E-state index contributed by atoms with van der Waals surface area (Å²) in [7, 11) is 0. The summed E-state index contributed by atoms with van der Waals surface area (Å²) in [6.45, 7) is 4.73. The first-order valence-electron chi connectivity index (χ1n) is 11.8. The number of carboxylic acids is 1. The standard InChI is InChI=1S/C30H29NO3/c1-19-14-15-22(16-27(19)30(32)33)28-17-23(34-29-13-6-5-11-26(28)29)18-31-20(2)24-12-7-9-21-8-3-4-10-25(21)24/h3-16,20,23,28,31H,17-18H2,1-2H3,(H,32,33)/t20-,23+,28+/m1/s1. The Bertz CT molecular complexity index is 1340. The molecular formula is C30H29NO3. The van der Waals surface area contributed by atoms with Crippen LogP contribution < -0.4 is 10.1 Å². The van der Waals surface area contributed by atoms with Gasteiger partial charge in [0.2, 0.25) is 0 Å². The van der Waals surface area contributed by atoms with Crippen molar-refractivity contribution in [3.05, 3.63) is 113 Å². The van der Waals surface area contributed by atoms with Gasteiger partial charge in [-0.2, -0.15) is 0 Å². The number of hydrogen-bond donors (Lipinski definition) is 2. The van der Waals surface area contributed by atoms with E-state index < -0.39 is 5.97 Å². The van der Waals surface area contributed by atoms with Gasteiger partial charge in [-0.05, 0) is 59.9 Å². The highest BCUT2D eigenvalue weighted by Gasteiger charge is 2.30. The van der Waals surface area contributed by atoms with Gasteiger partial charge in [-0.3, -0.25) is 0 Å². The Morgan fingerprint density at radius 2 is 1.79 bits per heavy atom. The van der Waals surface area contributed by atoms with Crippen LogP contribution in [0.4, 0.5) is 0 Å². The van der Waals surface area contributed by atoms with Gasteiger partial charge in [0.25, 0.3) is 0 Å². The Hall–Kier alpha value is -3.63. The van der Waals surface area contributed by atoms with Gasteiger partial charge in [-0.15, -0.1) is 0 Å².